The van der Waals surface area contributed by atoms with Crippen LogP contribution in [0.1, 0.15) is 71.1 Å². The van der Waals surface area contributed by atoms with E-state index in [1.54, 1.807) is 0 Å². The van der Waals surface area contributed by atoms with Gasteiger partial charge in [-0.1, -0.05) is 26.2 Å². The van der Waals surface area contributed by atoms with Crippen LogP contribution in [-0.2, 0) is 9.47 Å². The number of rotatable bonds is 7. The van der Waals surface area contributed by atoms with E-state index in [1.165, 1.54) is 25.7 Å². The molecule has 0 aromatic carbocycles. The van der Waals surface area contributed by atoms with Gasteiger partial charge in [0.15, 0.2) is 0 Å². The lowest BCUT2D eigenvalue weighted by Gasteiger charge is -2.19. The van der Waals surface area contributed by atoms with Crippen molar-refractivity contribution in [2.24, 2.45) is 0 Å². The highest BCUT2D eigenvalue weighted by atomic mass is 16.6. The summed E-state index contributed by atoms with van der Waals surface area (Å²) in [5.74, 6) is 6.56. The molecular formula is C18H30O3. The van der Waals surface area contributed by atoms with Gasteiger partial charge in [-0.2, -0.15) is 0 Å². The van der Waals surface area contributed by atoms with Gasteiger partial charge in [-0.05, 0) is 32.1 Å². The van der Waals surface area contributed by atoms with Gasteiger partial charge in [0.25, 0.3) is 0 Å². The summed E-state index contributed by atoms with van der Waals surface area (Å²) in [4.78, 5) is 0. The number of aliphatic hydroxyl groups is 1. The molecule has 0 aliphatic carbocycles. The maximum Gasteiger partial charge on any atom is 0.0842 e. The minimum atomic E-state index is 0.0283. The van der Waals surface area contributed by atoms with Gasteiger partial charge in [0.1, 0.15) is 0 Å². The lowest BCUT2D eigenvalue weighted by Crippen LogP contribution is -2.27. The average Bonchev–Trinajstić information content (AvgIpc) is 3.15. The van der Waals surface area contributed by atoms with Crippen LogP contribution in [-0.4, -0.2) is 36.1 Å². The molecule has 0 saturated carbocycles. The summed E-state index contributed by atoms with van der Waals surface area (Å²) in [7, 11) is 0. The van der Waals surface area contributed by atoms with E-state index in [1.807, 2.05) is 0 Å². The van der Waals surface area contributed by atoms with E-state index in [2.05, 4.69) is 18.8 Å². The molecule has 2 aliphatic heterocycles. The van der Waals surface area contributed by atoms with Gasteiger partial charge in [-0.3, -0.25) is 0 Å². The van der Waals surface area contributed by atoms with Gasteiger partial charge >= 0.3 is 0 Å². The van der Waals surface area contributed by atoms with Crippen molar-refractivity contribution in [3.05, 3.63) is 0 Å². The maximum absolute atomic E-state index is 9.12. The van der Waals surface area contributed by atoms with Gasteiger partial charge in [0.05, 0.1) is 31.0 Å². The Bertz CT molecular complexity index is 344. The van der Waals surface area contributed by atoms with Crippen LogP contribution in [0.2, 0.25) is 0 Å². The van der Waals surface area contributed by atoms with Crippen molar-refractivity contribution in [1.29, 1.82) is 0 Å². The van der Waals surface area contributed by atoms with Crippen LogP contribution in [0.5, 0.6) is 0 Å². The van der Waals surface area contributed by atoms with Crippen LogP contribution in [0.15, 0.2) is 0 Å². The van der Waals surface area contributed by atoms with E-state index in [0.29, 0.717) is 0 Å². The highest BCUT2D eigenvalue weighted by Crippen LogP contribution is 2.31. The Kier molecular flexibility index (Phi) is 7.57. The summed E-state index contributed by atoms with van der Waals surface area (Å²) in [5, 5.41) is 9.12. The summed E-state index contributed by atoms with van der Waals surface area (Å²) in [6.07, 6.45) is 11.9. The Morgan fingerprint density at radius 2 is 1.62 bits per heavy atom. The minimum Gasteiger partial charge on any atom is -0.394 e. The number of hydrogen-bond donors (Lipinski definition) is 1. The standard InChI is InChI=1S/C18H30O3/c1-2-3-4-5-6-7-8-9-15-10-12-17(20-15)18-13-11-16(14-19)21-18/h15-19H,2-6,9-14H2,1H3. The normalized spacial score (nSPS) is 32.1. The van der Waals surface area contributed by atoms with Crippen molar-refractivity contribution >= 4 is 0 Å². The fourth-order valence-corrected chi connectivity index (χ4v) is 3.21. The van der Waals surface area contributed by atoms with Crippen molar-refractivity contribution in [2.45, 2.75) is 95.5 Å². The SMILES string of the molecule is CCCCCCC#CCC1CCC(C2CCC(CO)O2)O1. The van der Waals surface area contributed by atoms with E-state index in [9.17, 15) is 0 Å². The zero-order valence-electron chi connectivity index (χ0n) is 13.4. The first-order valence-corrected chi connectivity index (χ1v) is 8.71. The number of aliphatic hydroxyl groups excluding tert-OH is 1. The number of ether oxygens (including phenoxy) is 2. The first-order valence-electron chi connectivity index (χ1n) is 8.71. The van der Waals surface area contributed by atoms with Gasteiger partial charge in [0.2, 0.25) is 0 Å². The molecule has 0 aromatic rings. The molecule has 2 fully saturated rings. The van der Waals surface area contributed by atoms with Gasteiger partial charge < -0.3 is 14.6 Å². The molecule has 0 radical (unpaired) electrons. The summed E-state index contributed by atoms with van der Waals surface area (Å²) in [5.41, 5.74) is 0. The number of unbranched alkanes of at least 4 members (excludes halogenated alkanes) is 4. The monoisotopic (exact) mass is 294 g/mol. The van der Waals surface area contributed by atoms with E-state index in [4.69, 9.17) is 14.6 Å². The Balaban J connectivity index is 1.59. The maximum atomic E-state index is 9.12. The lowest BCUT2D eigenvalue weighted by molar-refractivity contribution is -0.0729. The van der Waals surface area contributed by atoms with Gasteiger partial charge in [0, 0.05) is 12.8 Å². The molecule has 2 aliphatic rings. The average molecular weight is 294 g/mol. The third kappa shape index (κ3) is 5.62. The Morgan fingerprint density at radius 3 is 2.29 bits per heavy atom. The van der Waals surface area contributed by atoms with Crippen molar-refractivity contribution in [1.82, 2.24) is 0 Å². The van der Waals surface area contributed by atoms with Crippen LogP contribution in [0, 0.1) is 11.8 Å². The Morgan fingerprint density at radius 1 is 0.905 bits per heavy atom. The highest BCUT2D eigenvalue weighted by molar-refractivity contribution is 5.01. The smallest absolute Gasteiger partial charge is 0.0842 e. The van der Waals surface area contributed by atoms with Crippen molar-refractivity contribution in [2.75, 3.05) is 6.61 Å². The van der Waals surface area contributed by atoms with E-state index >= 15 is 0 Å². The largest absolute Gasteiger partial charge is 0.394 e. The lowest BCUT2D eigenvalue weighted by atomic mass is 10.1. The first kappa shape index (κ1) is 16.8. The molecule has 3 nitrogen and oxygen atoms in total. The second kappa shape index (κ2) is 9.46. The summed E-state index contributed by atoms with van der Waals surface area (Å²) in [6, 6.07) is 0. The van der Waals surface area contributed by atoms with Crippen LogP contribution >= 0.6 is 0 Å². The molecule has 2 saturated heterocycles. The van der Waals surface area contributed by atoms with Crippen LogP contribution in [0.4, 0.5) is 0 Å². The molecule has 2 rings (SSSR count). The second-order valence-electron chi connectivity index (χ2n) is 6.30. The second-order valence-corrected chi connectivity index (χ2v) is 6.30. The van der Waals surface area contributed by atoms with Crippen LogP contribution < -0.4 is 0 Å². The molecule has 3 heteroatoms. The topological polar surface area (TPSA) is 38.7 Å². The molecule has 0 bridgehead atoms. The van der Waals surface area contributed by atoms with E-state index in [0.717, 1.165) is 38.5 Å². The third-order valence-corrected chi connectivity index (χ3v) is 4.51. The van der Waals surface area contributed by atoms with Gasteiger partial charge in [-0.25, -0.2) is 0 Å². The fraction of sp³-hybridized carbons (Fsp3) is 0.889. The molecule has 0 aromatic heterocycles. The van der Waals surface area contributed by atoms with Crippen molar-refractivity contribution < 1.29 is 14.6 Å². The molecule has 1 N–H and O–H groups in total. The highest BCUT2D eigenvalue weighted by Gasteiger charge is 2.36. The minimum absolute atomic E-state index is 0.0283. The summed E-state index contributed by atoms with van der Waals surface area (Å²) >= 11 is 0. The number of hydrogen-bond acceptors (Lipinski definition) is 3. The molecular weight excluding hydrogens is 264 g/mol. The van der Waals surface area contributed by atoms with Crippen molar-refractivity contribution in [3.8, 4) is 11.8 Å². The molecule has 0 spiro atoms. The first-order chi connectivity index (χ1) is 10.3. The van der Waals surface area contributed by atoms with E-state index < -0.39 is 0 Å². The van der Waals surface area contributed by atoms with Crippen LogP contribution in [0.3, 0.4) is 0 Å². The quantitative estimate of drug-likeness (QED) is 0.577. The summed E-state index contributed by atoms with van der Waals surface area (Å²) in [6.45, 7) is 2.37. The zero-order chi connectivity index (χ0) is 14.9. The van der Waals surface area contributed by atoms with Crippen molar-refractivity contribution in [3.63, 3.8) is 0 Å². The predicted molar refractivity (Wildman–Crippen MR) is 84.0 cm³/mol. The Hall–Kier alpha value is -0.560. The third-order valence-electron chi connectivity index (χ3n) is 4.51. The van der Waals surface area contributed by atoms with Gasteiger partial charge in [-0.15, -0.1) is 11.8 Å². The zero-order valence-corrected chi connectivity index (χ0v) is 13.4. The van der Waals surface area contributed by atoms with Crippen LogP contribution in [0.25, 0.3) is 0 Å². The molecule has 4 atom stereocenters. The molecule has 2 heterocycles. The summed E-state index contributed by atoms with van der Waals surface area (Å²) < 4.78 is 11.9. The predicted octanol–water partition coefficient (Wildman–Crippen LogP) is 3.44. The molecule has 4 unspecified atom stereocenters. The Labute approximate surface area is 129 Å². The van der Waals surface area contributed by atoms with E-state index in [-0.39, 0.29) is 31.0 Å². The molecule has 21 heavy (non-hydrogen) atoms. The molecule has 0 amide bonds. The fourth-order valence-electron chi connectivity index (χ4n) is 3.21. The molecule has 120 valence electrons.